The molecule has 0 spiro atoms. The minimum absolute atomic E-state index is 0. The number of nitro groups is 1. The molecule has 0 unspecified atom stereocenters. The lowest BCUT2D eigenvalue weighted by atomic mass is 10.2. The molecule has 0 aromatic heterocycles. The first-order valence-corrected chi connectivity index (χ1v) is 8.56. The third-order valence-corrected chi connectivity index (χ3v) is 5.08. The predicted molar refractivity (Wildman–Crippen MR) is 96.8 cm³/mol. The smallest absolute Gasteiger partial charge is 0.273 e. The number of hydrogen-bond donors (Lipinski definition) is 2. The number of benzene rings is 1. The zero-order valence-corrected chi connectivity index (χ0v) is 15.7. The highest BCUT2D eigenvalue weighted by atomic mass is 35.5. The van der Waals surface area contributed by atoms with Crippen molar-refractivity contribution in [3.05, 3.63) is 33.9 Å². The Morgan fingerprint density at radius 1 is 1.29 bits per heavy atom. The standard InChI is InChI=1S/C13H20N4O4S.2ClH/c1-11-2-3-12(10-13(11)17(18)19)22(20,21)15-6-9-16-7-4-14-5-8-16;;/h2-3,10,14-15H,4-9H2,1H3;2*1H. The summed E-state index contributed by atoms with van der Waals surface area (Å²) in [5.41, 5.74) is 0.245. The Morgan fingerprint density at radius 2 is 1.92 bits per heavy atom. The van der Waals surface area contributed by atoms with Crippen LogP contribution in [0.3, 0.4) is 0 Å². The maximum absolute atomic E-state index is 12.2. The van der Waals surface area contributed by atoms with Gasteiger partial charge in [0.25, 0.3) is 5.69 Å². The molecule has 11 heteroatoms. The third-order valence-electron chi connectivity index (χ3n) is 3.62. The average molecular weight is 401 g/mol. The van der Waals surface area contributed by atoms with Crippen molar-refractivity contribution in [2.24, 2.45) is 0 Å². The number of halogens is 2. The van der Waals surface area contributed by atoms with Crippen molar-refractivity contribution in [2.75, 3.05) is 39.3 Å². The molecule has 138 valence electrons. The van der Waals surface area contributed by atoms with Gasteiger partial charge in [0.15, 0.2) is 0 Å². The van der Waals surface area contributed by atoms with Gasteiger partial charge in [-0.15, -0.1) is 24.8 Å². The van der Waals surface area contributed by atoms with Gasteiger partial charge in [-0.25, -0.2) is 13.1 Å². The Morgan fingerprint density at radius 3 is 2.50 bits per heavy atom. The number of nitrogens with one attached hydrogen (secondary N) is 2. The molecule has 0 bridgehead atoms. The first kappa shape index (κ1) is 23.0. The van der Waals surface area contributed by atoms with Gasteiger partial charge in [-0.3, -0.25) is 15.0 Å². The van der Waals surface area contributed by atoms with Crippen molar-refractivity contribution < 1.29 is 13.3 Å². The number of nitro benzene ring substituents is 1. The van der Waals surface area contributed by atoms with Crippen molar-refractivity contribution in [3.8, 4) is 0 Å². The molecule has 0 atom stereocenters. The first-order valence-electron chi connectivity index (χ1n) is 7.08. The van der Waals surface area contributed by atoms with Crippen LogP contribution >= 0.6 is 24.8 Å². The van der Waals surface area contributed by atoms with E-state index in [0.29, 0.717) is 12.1 Å². The maximum atomic E-state index is 12.2. The van der Waals surface area contributed by atoms with Crippen molar-refractivity contribution in [2.45, 2.75) is 11.8 Å². The monoisotopic (exact) mass is 400 g/mol. The lowest BCUT2D eigenvalue weighted by Crippen LogP contribution is -2.46. The van der Waals surface area contributed by atoms with Gasteiger partial charge in [-0.2, -0.15) is 0 Å². The number of nitrogens with zero attached hydrogens (tertiary/aromatic N) is 2. The summed E-state index contributed by atoms with van der Waals surface area (Å²) in [6.07, 6.45) is 0. The molecule has 1 aliphatic heterocycles. The normalized spacial score (nSPS) is 15.2. The van der Waals surface area contributed by atoms with Crippen LogP contribution in [0.25, 0.3) is 0 Å². The van der Waals surface area contributed by atoms with E-state index in [4.69, 9.17) is 0 Å². The number of sulfonamides is 1. The highest BCUT2D eigenvalue weighted by Gasteiger charge is 2.20. The summed E-state index contributed by atoms with van der Waals surface area (Å²) in [4.78, 5) is 12.4. The zero-order valence-electron chi connectivity index (χ0n) is 13.2. The minimum Gasteiger partial charge on any atom is -0.314 e. The van der Waals surface area contributed by atoms with Gasteiger partial charge in [-0.1, -0.05) is 6.07 Å². The van der Waals surface area contributed by atoms with Crippen molar-refractivity contribution in [1.82, 2.24) is 14.9 Å². The van der Waals surface area contributed by atoms with Crippen molar-refractivity contribution in [1.29, 1.82) is 0 Å². The summed E-state index contributed by atoms with van der Waals surface area (Å²) >= 11 is 0. The number of rotatable bonds is 6. The summed E-state index contributed by atoms with van der Waals surface area (Å²) in [5, 5.41) is 14.1. The molecule has 24 heavy (non-hydrogen) atoms. The Bertz CT molecular complexity index is 651. The van der Waals surface area contributed by atoms with E-state index in [9.17, 15) is 18.5 Å². The molecule has 1 aliphatic rings. The fraction of sp³-hybridized carbons (Fsp3) is 0.538. The first-order chi connectivity index (χ1) is 10.4. The molecule has 1 saturated heterocycles. The van der Waals surface area contributed by atoms with Crippen LogP contribution in [0.5, 0.6) is 0 Å². The van der Waals surface area contributed by atoms with E-state index in [0.717, 1.165) is 32.2 Å². The highest BCUT2D eigenvalue weighted by molar-refractivity contribution is 7.89. The van der Waals surface area contributed by atoms with Crippen LogP contribution in [0.2, 0.25) is 0 Å². The van der Waals surface area contributed by atoms with Gasteiger partial charge in [0.05, 0.1) is 9.82 Å². The van der Waals surface area contributed by atoms with Crippen LogP contribution in [0, 0.1) is 17.0 Å². The molecule has 1 fully saturated rings. The quantitative estimate of drug-likeness (QED) is 0.543. The second-order valence-corrected chi connectivity index (χ2v) is 6.96. The second kappa shape index (κ2) is 10.1. The Kier molecular flexibility index (Phi) is 9.71. The fourth-order valence-electron chi connectivity index (χ4n) is 2.31. The molecule has 1 heterocycles. The summed E-state index contributed by atoms with van der Waals surface area (Å²) < 4.78 is 26.9. The molecule has 0 aliphatic carbocycles. The number of aryl methyl sites for hydroxylation is 1. The van der Waals surface area contributed by atoms with Gasteiger partial charge in [0.2, 0.25) is 10.0 Å². The van der Waals surface area contributed by atoms with Crippen LogP contribution in [-0.2, 0) is 10.0 Å². The Hall–Kier alpha value is -0.970. The molecule has 8 nitrogen and oxygen atoms in total. The van der Waals surface area contributed by atoms with E-state index in [-0.39, 0.29) is 41.9 Å². The topological polar surface area (TPSA) is 105 Å². The molecule has 0 amide bonds. The predicted octanol–water partition coefficient (Wildman–Crippen LogP) is 0.930. The molecule has 2 rings (SSSR count). The SMILES string of the molecule is Cc1ccc(S(=O)(=O)NCCN2CCNCC2)cc1[N+](=O)[O-].Cl.Cl. The molecule has 1 aromatic carbocycles. The van der Waals surface area contributed by atoms with E-state index in [1.807, 2.05) is 0 Å². The summed E-state index contributed by atoms with van der Waals surface area (Å²) in [5.74, 6) is 0. The average Bonchev–Trinajstić information content (AvgIpc) is 2.48. The van der Waals surface area contributed by atoms with Gasteiger partial charge in [0.1, 0.15) is 0 Å². The summed E-state index contributed by atoms with van der Waals surface area (Å²) in [7, 11) is -3.73. The molecule has 1 aromatic rings. The number of hydrogen-bond acceptors (Lipinski definition) is 6. The van der Waals surface area contributed by atoms with Crippen LogP contribution in [-0.4, -0.2) is 57.5 Å². The molecule has 0 radical (unpaired) electrons. The molecule has 2 N–H and O–H groups in total. The molecule has 0 saturated carbocycles. The third kappa shape index (κ3) is 6.15. The minimum atomic E-state index is -3.73. The van der Waals surface area contributed by atoms with Gasteiger partial charge in [-0.05, 0) is 13.0 Å². The maximum Gasteiger partial charge on any atom is 0.273 e. The van der Waals surface area contributed by atoms with E-state index >= 15 is 0 Å². The lowest BCUT2D eigenvalue weighted by molar-refractivity contribution is -0.385. The lowest BCUT2D eigenvalue weighted by Gasteiger charge is -2.27. The largest absolute Gasteiger partial charge is 0.314 e. The molecular weight excluding hydrogens is 379 g/mol. The van der Waals surface area contributed by atoms with E-state index < -0.39 is 14.9 Å². The van der Waals surface area contributed by atoms with Crippen molar-refractivity contribution in [3.63, 3.8) is 0 Å². The Labute approximate surface area is 154 Å². The van der Waals surface area contributed by atoms with Crippen LogP contribution in [0.4, 0.5) is 5.69 Å². The van der Waals surface area contributed by atoms with E-state index in [1.165, 1.54) is 12.1 Å². The van der Waals surface area contributed by atoms with Crippen molar-refractivity contribution >= 4 is 40.5 Å². The second-order valence-electron chi connectivity index (χ2n) is 5.19. The van der Waals surface area contributed by atoms with E-state index in [2.05, 4.69) is 14.9 Å². The summed E-state index contributed by atoms with van der Waals surface area (Å²) in [6.45, 7) is 6.05. The fourth-order valence-corrected chi connectivity index (χ4v) is 3.35. The van der Waals surface area contributed by atoms with Crippen LogP contribution < -0.4 is 10.0 Å². The van der Waals surface area contributed by atoms with Crippen LogP contribution in [0.1, 0.15) is 5.56 Å². The van der Waals surface area contributed by atoms with Crippen LogP contribution in [0.15, 0.2) is 23.1 Å². The Balaban J connectivity index is 0.00000264. The molecular formula is C13H22Cl2N4O4S. The van der Waals surface area contributed by atoms with Gasteiger partial charge >= 0.3 is 0 Å². The van der Waals surface area contributed by atoms with Gasteiger partial charge < -0.3 is 5.32 Å². The highest BCUT2D eigenvalue weighted by Crippen LogP contribution is 2.21. The van der Waals surface area contributed by atoms with Gasteiger partial charge in [0, 0.05) is 50.9 Å². The van der Waals surface area contributed by atoms with E-state index in [1.54, 1.807) is 6.92 Å². The number of piperazine rings is 1. The summed E-state index contributed by atoms with van der Waals surface area (Å²) in [6, 6.07) is 3.93. The zero-order chi connectivity index (χ0) is 16.2.